The number of nitrogens with two attached hydrogens (primary N) is 1. The van der Waals surface area contributed by atoms with Gasteiger partial charge in [0.25, 0.3) is 0 Å². The molecule has 1 aliphatic heterocycles. The zero-order valence-corrected chi connectivity index (χ0v) is 17.9. The zero-order chi connectivity index (χ0) is 20.6. The van der Waals surface area contributed by atoms with Crippen LogP contribution in [0.25, 0.3) is 11.2 Å². The average molecular weight is 424 g/mol. The van der Waals surface area contributed by atoms with E-state index in [4.69, 9.17) is 10.5 Å². The maximum absolute atomic E-state index is 10.5. The highest BCUT2D eigenvalue weighted by Gasteiger charge is 2.44. The summed E-state index contributed by atoms with van der Waals surface area (Å²) in [6.45, 7) is 2.24. The fraction of sp³-hybridized carbons (Fsp3) is 0.750. The van der Waals surface area contributed by atoms with Gasteiger partial charge >= 0.3 is 0 Å². The molecule has 0 saturated carbocycles. The van der Waals surface area contributed by atoms with Crippen molar-refractivity contribution in [3.8, 4) is 0 Å². The van der Waals surface area contributed by atoms with Crippen molar-refractivity contribution in [3.63, 3.8) is 0 Å². The highest BCUT2D eigenvalue weighted by Crippen LogP contribution is 2.33. The van der Waals surface area contributed by atoms with Gasteiger partial charge in [0.1, 0.15) is 24.1 Å². The van der Waals surface area contributed by atoms with Crippen LogP contribution in [-0.2, 0) is 4.74 Å². The number of aliphatic hydroxyl groups excluding tert-OH is 2. The van der Waals surface area contributed by atoms with Crippen molar-refractivity contribution in [2.24, 2.45) is 0 Å². The predicted molar refractivity (Wildman–Crippen MR) is 116 cm³/mol. The summed E-state index contributed by atoms with van der Waals surface area (Å²) in [7, 11) is 0. The van der Waals surface area contributed by atoms with Crippen molar-refractivity contribution in [2.75, 3.05) is 17.2 Å². The molecule has 0 amide bonds. The summed E-state index contributed by atoms with van der Waals surface area (Å²) >= 11 is 1.77. The molecule has 4 atom stereocenters. The molecule has 2 aromatic heterocycles. The van der Waals surface area contributed by atoms with Gasteiger partial charge in [-0.3, -0.25) is 4.57 Å². The molecule has 1 aliphatic rings. The smallest absolute Gasteiger partial charge is 0.167 e. The van der Waals surface area contributed by atoms with Gasteiger partial charge in [-0.05, 0) is 12.2 Å². The number of rotatable bonds is 12. The van der Waals surface area contributed by atoms with Crippen LogP contribution in [0.2, 0.25) is 0 Å². The van der Waals surface area contributed by atoms with E-state index in [2.05, 4.69) is 21.9 Å². The summed E-state index contributed by atoms with van der Waals surface area (Å²) in [5.74, 6) is 1.97. The minimum absolute atomic E-state index is 0.277. The summed E-state index contributed by atoms with van der Waals surface area (Å²) in [6.07, 6.45) is 10.1. The standard InChI is InChI=1S/C20H33N5O3S/c1-2-3-4-5-6-7-8-9-10-29-11-14-16(26)17(27)20(28-14)25-13-24-15-18(21)22-12-23-19(15)25/h12-14,16-17,20,26-27H,2-11H2,1H3,(H2,21,22,23)/t14-,16?,17-,20-/m1/s1. The van der Waals surface area contributed by atoms with Gasteiger partial charge in [-0.2, -0.15) is 11.8 Å². The molecule has 8 nitrogen and oxygen atoms in total. The molecule has 4 N–H and O–H groups in total. The first-order chi connectivity index (χ1) is 14.1. The van der Waals surface area contributed by atoms with E-state index in [0.29, 0.717) is 16.9 Å². The molecular weight excluding hydrogens is 390 g/mol. The van der Waals surface area contributed by atoms with Gasteiger partial charge in [0.05, 0.1) is 12.4 Å². The quantitative estimate of drug-likeness (QED) is 0.446. The summed E-state index contributed by atoms with van der Waals surface area (Å²) in [5.41, 5.74) is 6.77. The molecule has 0 spiro atoms. The largest absolute Gasteiger partial charge is 0.387 e. The van der Waals surface area contributed by atoms with Crippen molar-refractivity contribution in [1.82, 2.24) is 19.5 Å². The molecule has 9 heteroatoms. The highest BCUT2D eigenvalue weighted by molar-refractivity contribution is 7.99. The van der Waals surface area contributed by atoms with E-state index in [1.165, 1.54) is 64.0 Å². The highest BCUT2D eigenvalue weighted by atomic mass is 32.2. The Kier molecular flexibility index (Phi) is 8.53. The van der Waals surface area contributed by atoms with Crippen molar-refractivity contribution >= 4 is 28.7 Å². The summed E-state index contributed by atoms with van der Waals surface area (Å²) in [6, 6.07) is 0. The van der Waals surface area contributed by atoms with Crippen molar-refractivity contribution in [3.05, 3.63) is 12.7 Å². The Bertz CT molecular complexity index is 759. The van der Waals surface area contributed by atoms with Gasteiger partial charge in [-0.1, -0.05) is 51.9 Å². The van der Waals surface area contributed by atoms with Crippen LogP contribution in [0.4, 0.5) is 5.82 Å². The van der Waals surface area contributed by atoms with Gasteiger partial charge in [-0.15, -0.1) is 0 Å². The first-order valence-electron chi connectivity index (χ1n) is 10.7. The lowest BCUT2D eigenvalue weighted by molar-refractivity contribution is -0.0289. The van der Waals surface area contributed by atoms with Crippen LogP contribution in [0.1, 0.15) is 64.5 Å². The van der Waals surface area contributed by atoms with Crippen LogP contribution in [0.15, 0.2) is 12.7 Å². The Labute approximate surface area is 176 Å². The van der Waals surface area contributed by atoms with Crippen LogP contribution in [0, 0.1) is 0 Å². The van der Waals surface area contributed by atoms with Gasteiger partial charge in [0, 0.05) is 5.75 Å². The number of hydrogen-bond donors (Lipinski definition) is 3. The number of imidazole rings is 1. The number of ether oxygens (including phenoxy) is 1. The third-order valence-electron chi connectivity index (χ3n) is 5.42. The molecule has 162 valence electrons. The van der Waals surface area contributed by atoms with Gasteiger partial charge < -0.3 is 20.7 Å². The van der Waals surface area contributed by atoms with Crippen LogP contribution in [0.5, 0.6) is 0 Å². The van der Waals surface area contributed by atoms with Gasteiger partial charge in [0.2, 0.25) is 0 Å². The minimum Gasteiger partial charge on any atom is -0.387 e. The Balaban J connectivity index is 1.41. The molecule has 3 rings (SSSR count). The molecule has 0 aliphatic carbocycles. The number of nitrogens with zero attached hydrogens (tertiary/aromatic N) is 4. The van der Waals surface area contributed by atoms with Crippen LogP contribution >= 0.6 is 11.8 Å². The fourth-order valence-electron chi connectivity index (χ4n) is 3.69. The fourth-order valence-corrected chi connectivity index (χ4v) is 4.77. The Morgan fingerprint density at radius 3 is 2.52 bits per heavy atom. The third-order valence-corrected chi connectivity index (χ3v) is 6.56. The van der Waals surface area contributed by atoms with E-state index in [0.717, 1.165) is 5.75 Å². The van der Waals surface area contributed by atoms with Crippen LogP contribution < -0.4 is 5.73 Å². The Morgan fingerprint density at radius 1 is 1.03 bits per heavy atom. The number of anilines is 1. The maximum atomic E-state index is 10.5. The molecule has 3 heterocycles. The molecule has 1 fully saturated rings. The molecule has 1 unspecified atom stereocenters. The second kappa shape index (κ2) is 11.1. The first kappa shape index (κ1) is 22.3. The number of thioether (sulfide) groups is 1. The van der Waals surface area contributed by atoms with E-state index in [-0.39, 0.29) is 5.82 Å². The Hall–Kier alpha value is -1.42. The van der Waals surface area contributed by atoms with E-state index in [1.54, 1.807) is 16.3 Å². The first-order valence-corrected chi connectivity index (χ1v) is 11.8. The second-order valence-electron chi connectivity index (χ2n) is 7.68. The van der Waals surface area contributed by atoms with Crippen molar-refractivity contribution in [2.45, 2.75) is 82.8 Å². The molecule has 0 aromatic carbocycles. The Morgan fingerprint density at radius 2 is 1.76 bits per heavy atom. The molecule has 2 aromatic rings. The number of unbranched alkanes of at least 4 members (excludes halogenated alkanes) is 7. The summed E-state index contributed by atoms with van der Waals surface area (Å²) in [4.78, 5) is 12.3. The topological polar surface area (TPSA) is 119 Å². The molecule has 0 radical (unpaired) electrons. The molecular formula is C20H33N5O3S. The molecule has 0 bridgehead atoms. The second-order valence-corrected chi connectivity index (χ2v) is 8.83. The SMILES string of the molecule is CCCCCCCCCCSC[C@H]1O[C@@H](n2cnc3c(N)ncnc32)[C@H](O)C1O. The lowest BCUT2D eigenvalue weighted by Crippen LogP contribution is -2.32. The normalized spacial score (nSPS) is 24.5. The van der Waals surface area contributed by atoms with Crippen molar-refractivity contribution in [1.29, 1.82) is 0 Å². The van der Waals surface area contributed by atoms with Gasteiger partial charge in [-0.25, -0.2) is 15.0 Å². The van der Waals surface area contributed by atoms with E-state index < -0.39 is 24.5 Å². The lowest BCUT2D eigenvalue weighted by Gasteiger charge is -2.16. The zero-order valence-electron chi connectivity index (χ0n) is 17.1. The monoisotopic (exact) mass is 423 g/mol. The average Bonchev–Trinajstić information content (AvgIpc) is 3.26. The summed E-state index contributed by atoms with van der Waals surface area (Å²) in [5, 5.41) is 20.9. The lowest BCUT2D eigenvalue weighted by atomic mass is 10.1. The molecule has 29 heavy (non-hydrogen) atoms. The van der Waals surface area contributed by atoms with Gasteiger partial charge in [0.15, 0.2) is 17.7 Å². The van der Waals surface area contributed by atoms with E-state index >= 15 is 0 Å². The predicted octanol–water partition coefficient (Wildman–Crippen LogP) is 2.90. The van der Waals surface area contributed by atoms with Crippen LogP contribution in [0.3, 0.4) is 0 Å². The summed E-state index contributed by atoms with van der Waals surface area (Å²) < 4.78 is 7.58. The number of aliphatic hydroxyl groups is 2. The number of aromatic nitrogens is 4. The number of fused-ring (bicyclic) bond motifs is 1. The number of hydrogen-bond acceptors (Lipinski definition) is 8. The van der Waals surface area contributed by atoms with E-state index in [9.17, 15) is 10.2 Å². The minimum atomic E-state index is -1.04. The van der Waals surface area contributed by atoms with E-state index in [1.807, 2.05) is 0 Å². The third kappa shape index (κ3) is 5.59. The van der Waals surface area contributed by atoms with Crippen LogP contribution in [-0.4, -0.2) is 59.5 Å². The van der Waals surface area contributed by atoms with Crippen molar-refractivity contribution < 1.29 is 14.9 Å². The number of nitrogen functional groups attached to an aromatic ring is 1. The molecule has 1 saturated heterocycles. The maximum Gasteiger partial charge on any atom is 0.167 e.